The molecule has 158 valence electrons. The number of piperazine rings is 1. The number of cyclic esters (lactones) is 1. The average Bonchev–Trinajstić information content (AvgIpc) is 3.07. The first-order valence-electron chi connectivity index (χ1n) is 9.16. The molecule has 2 saturated heterocycles. The summed E-state index contributed by atoms with van der Waals surface area (Å²) in [6.07, 6.45) is -1.50. The van der Waals surface area contributed by atoms with Gasteiger partial charge in [0, 0.05) is 39.6 Å². The normalized spacial score (nSPS) is 19.4. The van der Waals surface area contributed by atoms with Crippen LogP contribution >= 0.6 is 0 Å². The van der Waals surface area contributed by atoms with E-state index in [4.69, 9.17) is 9.84 Å². The van der Waals surface area contributed by atoms with Crippen LogP contribution in [0.3, 0.4) is 0 Å². The van der Waals surface area contributed by atoms with E-state index in [0.29, 0.717) is 31.9 Å². The highest BCUT2D eigenvalue weighted by atomic mass is 19.1. The Morgan fingerprint density at radius 3 is 2.59 bits per heavy atom. The Hall–Kier alpha value is -2.92. The van der Waals surface area contributed by atoms with Crippen molar-refractivity contribution in [3.63, 3.8) is 0 Å². The first kappa shape index (κ1) is 20.8. The van der Waals surface area contributed by atoms with Crippen LogP contribution in [0.25, 0.3) is 0 Å². The zero-order valence-electron chi connectivity index (χ0n) is 15.9. The summed E-state index contributed by atoms with van der Waals surface area (Å²) in [5.74, 6) is -1.57. The molecule has 29 heavy (non-hydrogen) atoms. The van der Waals surface area contributed by atoms with Gasteiger partial charge in [-0.3, -0.25) is 14.5 Å². The van der Waals surface area contributed by atoms with E-state index in [-0.39, 0.29) is 29.7 Å². The number of carbonyl (C=O) groups excluding carboxylic acids is 3. The lowest BCUT2D eigenvalue weighted by Crippen LogP contribution is -2.49. The van der Waals surface area contributed by atoms with Crippen molar-refractivity contribution in [1.82, 2.24) is 9.96 Å². The summed E-state index contributed by atoms with van der Waals surface area (Å²) in [5.41, 5.74) is 0.629. The van der Waals surface area contributed by atoms with E-state index in [1.54, 1.807) is 17.0 Å². The highest BCUT2D eigenvalue weighted by Gasteiger charge is 2.33. The number of amides is 3. The van der Waals surface area contributed by atoms with Gasteiger partial charge in [0.05, 0.1) is 17.9 Å². The van der Waals surface area contributed by atoms with E-state index in [0.717, 1.165) is 6.92 Å². The number of aliphatic hydroxyl groups is 1. The topological polar surface area (TPSA) is 117 Å². The monoisotopic (exact) mass is 409 g/mol. The third kappa shape index (κ3) is 4.57. The van der Waals surface area contributed by atoms with Crippen molar-refractivity contribution < 1.29 is 28.6 Å². The number of rotatable bonds is 5. The van der Waals surface area contributed by atoms with E-state index in [2.05, 4.69) is 0 Å². The van der Waals surface area contributed by atoms with Gasteiger partial charge in [-0.2, -0.15) is 0 Å². The molecule has 0 saturated carbocycles. The van der Waals surface area contributed by atoms with Crippen LogP contribution in [0.1, 0.15) is 6.92 Å². The fraction of sp³-hybridized carbons (Fsp3) is 0.500. The van der Waals surface area contributed by atoms with Gasteiger partial charge in [0.15, 0.2) is 0 Å². The van der Waals surface area contributed by atoms with Gasteiger partial charge >= 0.3 is 6.09 Å². The van der Waals surface area contributed by atoms with Crippen LogP contribution in [0.15, 0.2) is 18.2 Å². The fourth-order valence-electron chi connectivity index (χ4n) is 3.36. The van der Waals surface area contributed by atoms with Crippen LogP contribution in [0.4, 0.5) is 20.6 Å². The van der Waals surface area contributed by atoms with Crippen molar-refractivity contribution in [2.24, 2.45) is 0 Å². The van der Waals surface area contributed by atoms with E-state index in [9.17, 15) is 24.0 Å². The molecule has 2 fully saturated rings. The zero-order valence-corrected chi connectivity index (χ0v) is 15.9. The predicted octanol–water partition coefficient (Wildman–Crippen LogP) is 0.138. The first-order valence-corrected chi connectivity index (χ1v) is 9.16. The molecule has 2 heterocycles. The molecule has 10 nitrogen and oxygen atoms in total. The molecular formula is C18H22FN4O6-. The minimum absolute atomic E-state index is 0.0333. The molecule has 3 amide bonds. The number of aliphatic hydroxyl groups excluding tert-OH is 1. The van der Waals surface area contributed by atoms with Crippen LogP contribution in [-0.2, 0) is 14.3 Å². The number of hydroxylamine groups is 2. The second kappa shape index (κ2) is 8.62. The number of hydrogen-bond donors (Lipinski definition) is 1. The molecule has 3 rings (SSSR count). The van der Waals surface area contributed by atoms with Crippen molar-refractivity contribution in [2.45, 2.75) is 13.0 Å². The standard InChI is InChI=1S/C18H22FN4O6/c1-12(25)23(28)10-14-9-22(18(27)29-14)13-2-3-16(15(19)8-13)20-4-6-21(7-5-20)17(26)11-24/h2-3,8,14,24H,4-7,9-11H2,1H3/q-1/t14-/m0/s1. The van der Waals surface area contributed by atoms with E-state index in [1.165, 1.54) is 15.9 Å². The van der Waals surface area contributed by atoms with Crippen molar-refractivity contribution >= 4 is 29.3 Å². The Morgan fingerprint density at radius 2 is 2.00 bits per heavy atom. The van der Waals surface area contributed by atoms with Crippen LogP contribution in [0.5, 0.6) is 0 Å². The van der Waals surface area contributed by atoms with Crippen LogP contribution in [0.2, 0.25) is 0 Å². The second-order valence-electron chi connectivity index (χ2n) is 6.86. The van der Waals surface area contributed by atoms with E-state index in [1.807, 2.05) is 0 Å². The number of nitrogens with zero attached hydrogens (tertiary/aromatic N) is 4. The summed E-state index contributed by atoms with van der Waals surface area (Å²) in [7, 11) is 0. The van der Waals surface area contributed by atoms with Gasteiger partial charge in [-0.05, 0) is 18.2 Å². The Morgan fingerprint density at radius 1 is 1.31 bits per heavy atom. The lowest BCUT2D eigenvalue weighted by Gasteiger charge is -2.36. The molecule has 2 aliphatic rings. The summed E-state index contributed by atoms with van der Waals surface area (Å²) < 4.78 is 19.8. The first-order chi connectivity index (χ1) is 13.8. The Balaban J connectivity index is 1.65. The number of carbonyl (C=O) groups is 3. The molecule has 0 aromatic heterocycles. The summed E-state index contributed by atoms with van der Waals surface area (Å²) in [6, 6.07) is 4.33. The van der Waals surface area contributed by atoms with Crippen LogP contribution in [-0.4, -0.2) is 85.0 Å². The summed E-state index contributed by atoms with van der Waals surface area (Å²) >= 11 is 0. The van der Waals surface area contributed by atoms with Crippen LogP contribution in [0, 0.1) is 11.0 Å². The van der Waals surface area contributed by atoms with E-state index >= 15 is 0 Å². The molecule has 1 N–H and O–H groups in total. The molecule has 0 unspecified atom stereocenters. The Labute approximate surface area is 166 Å². The fourth-order valence-corrected chi connectivity index (χ4v) is 3.36. The average molecular weight is 409 g/mol. The lowest BCUT2D eigenvalue weighted by atomic mass is 10.2. The summed E-state index contributed by atoms with van der Waals surface area (Å²) in [6.45, 7) is 1.91. The minimum atomic E-state index is -0.788. The molecule has 0 radical (unpaired) electrons. The Kier molecular flexibility index (Phi) is 6.18. The second-order valence-corrected chi connectivity index (χ2v) is 6.86. The molecule has 1 aromatic carbocycles. The summed E-state index contributed by atoms with van der Waals surface area (Å²) in [4.78, 5) is 39.2. The number of halogens is 1. The van der Waals surface area contributed by atoms with Crippen LogP contribution < -0.4 is 9.80 Å². The largest absolute Gasteiger partial charge is 0.756 e. The van der Waals surface area contributed by atoms with E-state index < -0.39 is 30.5 Å². The van der Waals surface area contributed by atoms with Crippen molar-refractivity contribution in [2.75, 3.05) is 55.7 Å². The van der Waals surface area contributed by atoms with Gasteiger partial charge in [-0.25, -0.2) is 9.18 Å². The predicted molar refractivity (Wildman–Crippen MR) is 101 cm³/mol. The van der Waals surface area contributed by atoms with Gasteiger partial charge < -0.3 is 29.9 Å². The molecule has 0 bridgehead atoms. The highest BCUT2D eigenvalue weighted by molar-refractivity contribution is 5.90. The third-order valence-corrected chi connectivity index (χ3v) is 4.95. The van der Waals surface area contributed by atoms with Gasteiger partial charge in [0.2, 0.25) is 11.8 Å². The SMILES string of the molecule is CC(=O)N([O-])C[C@@H]1CN(c2ccc(N3CCN(C(=O)CO)CC3)c(F)c2)C(=O)O1. The number of benzene rings is 1. The Bertz CT molecular complexity index is 799. The molecule has 11 heteroatoms. The quantitative estimate of drug-likeness (QED) is 0.688. The summed E-state index contributed by atoms with van der Waals surface area (Å²) in [5, 5.41) is 20.6. The number of anilines is 2. The van der Waals surface area contributed by atoms with Crippen molar-refractivity contribution in [3.8, 4) is 0 Å². The molecule has 0 aliphatic carbocycles. The molecule has 1 aromatic rings. The van der Waals surface area contributed by atoms with Gasteiger partial charge in [0.25, 0.3) is 0 Å². The smallest absolute Gasteiger partial charge is 0.414 e. The zero-order chi connectivity index (χ0) is 21.1. The number of hydrogen-bond acceptors (Lipinski definition) is 7. The minimum Gasteiger partial charge on any atom is -0.756 e. The van der Waals surface area contributed by atoms with Crippen molar-refractivity contribution in [1.29, 1.82) is 0 Å². The molecule has 1 atom stereocenters. The maximum absolute atomic E-state index is 14.7. The maximum Gasteiger partial charge on any atom is 0.414 e. The number of ether oxygens (including phenoxy) is 1. The van der Waals surface area contributed by atoms with Gasteiger partial charge in [-0.15, -0.1) is 0 Å². The lowest BCUT2D eigenvalue weighted by molar-refractivity contribution is -0.134. The van der Waals surface area contributed by atoms with Gasteiger partial charge in [-0.1, -0.05) is 0 Å². The van der Waals surface area contributed by atoms with Gasteiger partial charge in [0.1, 0.15) is 18.5 Å². The molecular weight excluding hydrogens is 387 g/mol. The van der Waals surface area contributed by atoms with Crippen molar-refractivity contribution in [3.05, 3.63) is 29.2 Å². The maximum atomic E-state index is 14.7. The molecule has 2 aliphatic heterocycles. The third-order valence-electron chi connectivity index (χ3n) is 4.95. The molecule has 0 spiro atoms. The highest BCUT2D eigenvalue weighted by Crippen LogP contribution is 2.28.